The topological polar surface area (TPSA) is 87.0 Å². The van der Waals surface area contributed by atoms with Crippen LogP contribution in [0.3, 0.4) is 0 Å². The molecule has 2 amide bonds. The molecule has 20 heavy (non-hydrogen) atoms. The summed E-state index contributed by atoms with van der Waals surface area (Å²) >= 11 is 0. The van der Waals surface area contributed by atoms with Gasteiger partial charge >= 0.3 is 6.03 Å². The van der Waals surface area contributed by atoms with Crippen molar-refractivity contribution in [1.29, 1.82) is 5.53 Å². The average molecular weight is 286 g/mol. The van der Waals surface area contributed by atoms with Crippen LogP contribution in [0.1, 0.15) is 6.92 Å². The van der Waals surface area contributed by atoms with E-state index >= 15 is 0 Å². The first kappa shape index (κ1) is 16.3. The number of hydrogen-bond acceptors (Lipinski definition) is 5. The summed E-state index contributed by atoms with van der Waals surface area (Å²) in [7, 11) is 2.88. The fourth-order valence-corrected chi connectivity index (χ4v) is 1.69. The maximum Gasteiger partial charge on any atom is 0.343 e. The minimum Gasteiger partial charge on any atom is -0.382 e. The van der Waals surface area contributed by atoms with Crippen molar-refractivity contribution in [1.82, 2.24) is 10.3 Å². The molecule has 0 saturated carbocycles. The Kier molecular flexibility index (Phi) is 6.26. The second-order valence-corrected chi connectivity index (χ2v) is 4.30. The number of halogens is 1. The van der Waals surface area contributed by atoms with Crippen LogP contribution in [0.2, 0.25) is 0 Å². The standard InChI is InChI=1S/C12H19FN4O3/c1-8-9(13)4-5-10(11(8)20-7-6-19-3)15-12(18)17(2)16-14/h4-5,8,11,14H,6-7H2,1-3H3,(H,15,18). The van der Waals surface area contributed by atoms with E-state index in [9.17, 15) is 9.18 Å². The number of hydrogen-bond donors (Lipinski definition) is 2. The lowest BCUT2D eigenvalue weighted by atomic mass is 9.95. The highest BCUT2D eigenvalue weighted by molar-refractivity contribution is 5.75. The Bertz CT molecular complexity index is 425. The quantitative estimate of drug-likeness (QED) is 0.444. The van der Waals surface area contributed by atoms with Gasteiger partial charge in [-0.2, -0.15) is 10.5 Å². The Labute approximate surface area is 116 Å². The molecule has 0 saturated heterocycles. The van der Waals surface area contributed by atoms with Crippen molar-refractivity contribution in [3.05, 3.63) is 23.7 Å². The second kappa shape index (κ2) is 7.71. The molecule has 2 N–H and O–H groups in total. The van der Waals surface area contributed by atoms with Gasteiger partial charge in [-0.3, -0.25) is 0 Å². The number of rotatable bonds is 6. The Morgan fingerprint density at radius 2 is 2.25 bits per heavy atom. The number of carbonyl (C=O) groups excluding carboxylic acids is 1. The predicted molar refractivity (Wildman–Crippen MR) is 69.5 cm³/mol. The van der Waals surface area contributed by atoms with Gasteiger partial charge in [-0.15, -0.1) is 0 Å². The number of nitrogens with one attached hydrogen (secondary N) is 2. The molecule has 0 aromatic carbocycles. The van der Waals surface area contributed by atoms with Gasteiger partial charge in [0.05, 0.1) is 13.2 Å². The van der Waals surface area contributed by atoms with Gasteiger partial charge < -0.3 is 14.8 Å². The fraction of sp³-hybridized carbons (Fsp3) is 0.583. The summed E-state index contributed by atoms with van der Waals surface area (Å²) < 4.78 is 24.0. The summed E-state index contributed by atoms with van der Waals surface area (Å²) in [5.41, 5.74) is 7.19. The summed E-state index contributed by atoms with van der Waals surface area (Å²) in [4.78, 5) is 11.7. The molecule has 1 aliphatic rings. The molecule has 0 radical (unpaired) electrons. The molecule has 8 heteroatoms. The minimum absolute atomic E-state index is 0.282. The van der Waals surface area contributed by atoms with Gasteiger partial charge in [0.25, 0.3) is 0 Å². The number of nitrogens with zero attached hydrogens (tertiary/aromatic N) is 2. The molecule has 7 nitrogen and oxygen atoms in total. The molecule has 1 rings (SSSR count). The van der Waals surface area contributed by atoms with Crippen molar-refractivity contribution in [3.8, 4) is 0 Å². The van der Waals surface area contributed by atoms with Crippen LogP contribution in [0.5, 0.6) is 0 Å². The van der Waals surface area contributed by atoms with Crippen LogP contribution >= 0.6 is 0 Å². The summed E-state index contributed by atoms with van der Waals surface area (Å²) in [5, 5.41) is 6.36. The highest BCUT2D eigenvalue weighted by Gasteiger charge is 2.30. The normalized spacial score (nSPS) is 21.8. The second-order valence-electron chi connectivity index (χ2n) is 4.30. The van der Waals surface area contributed by atoms with Gasteiger partial charge in [0.1, 0.15) is 11.9 Å². The monoisotopic (exact) mass is 286 g/mol. The van der Waals surface area contributed by atoms with E-state index < -0.39 is 18.1 Å². The van der Waals surface area contributed by atoms with Gasteiger partial charge in [0, 0.05) is 25.8 Å². The van der Waals surface area contributed by atoms with Crippen molar-refractivity contribution < 1.29 is 18.7 Å². The number of allylic oxidation sites excluding steroid dienone is 2. The largest absolute Gasteiger partial charge is 0.382 e. The number of ether oxygens (including phenoxy) is 2. The van der Waals surface area contributed by atoms with Crippen molar-refractivity contribution in [3.63, 3.8) is 0 Å². The summed E-state index contributed by atoms with van der Waals surface area (Å²) in [5.74, 6) is -0.825. The molecule has 0 spiro atoms. The molecule has 0 aromatic rings. The van der Waals surface area contributed by atoms with E-state index in [2.05, 4.69) is 10.5 Å². The molecule has 2 unspecified atom stereocenters. The van der Waals surface area contributed by atoms with Gasteiger partial charge in [-0.05, 0) is 12.2 Å². The molecule has 0 aliphatic heterocycles. The van der Waals surface area contributed by atoms with Gasteiger partial charge in [0.15, 0.2) is 0 Å². The van der Waals surface area contributed by atoms with Crippen LogP contribution in [0.15, 0.2) is 28.9 Å². The van der Waals surface area contributed by atoms with E-state index in [1.807, 2.05) is 0 Å². The van der Waals surface area contributed by atoms with E-state index in [-0.39, 0.29) is 12.4 Å². The van der Waals surface area contributed by atoms with Crippen LogP contribution in [-0.4, -0.2) is 44.5 Å². The Morgan fingerprint density at radius 3 is 2.85 bits per heavy atom. The number of carbonyl (C=O) groups is 1. The number of amides is 2. The molecular formula is C12H19FN4O3. The fourth-order valence-electron chi connectivity index (χ4n) is 1.69. The lowest BCUT2D eigenvalue weighted by Crippen LogP contribution is -2.41. The molecule has 0 bridgehead atoms. The highest BCUT2D eigenvalue weighted by Crippen LogP contribution is 2.27. The van der Waals surface area contributed by atoms with E-state index in [1.54, 1.807) is 6.92 Å². The molecule has 1 aliphatic carbocycles. The molecule has 112 valence electrons. The van der Waals surface area contributed by atoms with E-state index in [0.29, 0.717) is 12.3 Å². The Hall–Kier alpha value is -1.80. The van der Waals surface area contributed by atoms with Crippen molar-refractivity contribution in [2.75, 3.05) is 27.4 Å². The third-order valence-corrected chi connectivity index (χ3v) is 2.90. The number of methoxy groups -OCH3 is 1. The molecule has 2 atom stereocenters. The van der Waals surface area contributed by atoms with Gasteiger partial charge in [-0.25, -0.2) is 9.18 Å². The third-order valence-electron chi connectivity index (χ3n) is 2.90. The van der Waals surface area contributed by atoms with Crippen LogP contribution in [0.4, 0.5) is 9.18 Å². The highest BCUT2D eigenvalue weighted by atomic mass is 19.1. The van der Waals surface area contributed by atoms with E-state index in [1.165, 1.54) is 26.3 Å². The van der Waals surface area contributed by atoms with Crippen LogP contribution in [0, 0.1) is 11.4 Å². The first-order valence-corrected chi connectivity index (χ1v) is 6.11. The summed E-state index contributed by atoms with van der Waals surface area (Å²) in [6.07, 6.45) is 2.12. The maximum absolute atomic E-state index is 13.6. The van der Waals surface area contributed by atoms with Crippen molar-refractivity contribution >= 4 is 6.03 Å². The first-order valence-electron chi connectivity index (χ1n) is 6.11. The van der Waals surface area contributed by atoms with Crippen molar-refractivity contribution in [2.45, 2.75) is 13.0 Å². The van der Waals surface area contributed by atoms with Gasteiger partial charge in [-0.1, -0.05) is 12.1 Å². The zero-order valence-corrected chi connectivity index (χ0v) is 11.7. The van der Waals surface area contributed by atoms with E-state index in [0.717, 1.165) is 5.01 Å². The first-order chi connectivity index (χ1) is 9.51. The summed E-state index contributed by atoms with van der Waals surface area (Å²) in [6, 6.07) is -0.588. The lowest BCUT2D eigenvalue weighted by Gasteiger charge is -2.29. The molecule has 0 heterocycles. The summed E-state index contributed by atoms with van der Waals surface area (Å²) in [6.45, 7) is 2.32. The van der Waals surface area contributed by atoms with Gasteiger partial charge in [0.2, 0.25) is 0 Å². The Morgan fingerprint density at radius 1 is 1.55 bits per heavy atom. The Balaban J connectivity index is 2.77. The third kappa shape index (κ3) is 4.10. The predicted octanol–water partition coefficient (Wildman–Crippen LogP) is 1.99. The average Bonchev–Trinajstić information content (AvgIpc) is 2.45. The van der Waals surface area contributed by atoms with E-state index in [4.69, 9.17) is 15.0 Å². The van der Waals surface area contributed by atoms with Crippen LogP contribution in [-0.2, 0) is 9.47 Å². The molecule has 0 fully saturated rings. The molecular weight excluding hydrogens is 267 g/mol. The zero-order valence-electron chi connectivity index (χ0n) is 11.7. The van der Waals surface area contributed by atoms with Crippen LogP contribution in [0.25, 0.3) is 0 Å². The minimum atomic E-state index is -0.613. The van der Waals surface area contributed by atoms with Crippen LogP contribution < -0.4 is 5.32 Å². The number of urea groups is 1. The lowest BCUT2D eigenvalue weighted by molar-refractivity contribution is 0.00938. The maximum atomic E-state index is 13.6. The zero-order chi connectivity index (χ0) is 15.1. The molecule has 0 aromatic heterocycles. The SMILES string of the molecule is COCCOC1C(NC(=O)N(C)N=N)=CC=C(F)C1C. The van der Waals surface area contributed by atoms with Crippen molar-refractivity contribution in [2.24, 2.45) is 11.1 Å². The smallest absolute Gasteiger partial charge is 0.343 e.